The Labute approximate surface area is 124 Å². The molecule has 0 amide bonds. The summed E-state index contributed by atoms with van der Waals surface area (Å²) in [7, 11) is 0. The molecular formula is C13H14ClF3N2S. The zero-order chi connectivity index (χ0) is 14.9. The standard InChI is InChI=1S/C13H14ClF3N2S/c1-8(7-20-2)19-11-4-3-9(13(15,16)17)5-10(11)18-12(19)6-14/h3-5,8H,6-7H2,1-2H3. The fourth-order valence-corrected chi connectivity index (χ4v) is 3.05. The van der Waals surface area contributed by atoms with Crippen LogP contribution < -0.4 is 0 Å². The third kappa shape index (κ3) is 2.91. The minimum absolute atomic E-state index is 0.125. The molecule has 2 aromatic rings. The molecule has 0 aliphatic heterocycles. The molecule has 0 saturated carbocycles. The first-order chi connectivity index (χ1) is 9.38. The van der Waals surface area contributed by atoms with E-state index in [4.69, 9.17) is 11.6 Å². The van der Waals surface area contributed by atoms with Crippen LogP contribution in [0.25, 0.3) is 11.0 Å². The molecule has 20 heavy (non-hydrogen) atoms. The number of nitrogens with zero attached hydrogens (tertiary/aromatic N) is 2. The van der Waals surface area contributed by atoms with Crippen molar-refractivity contribution in [2.75, 3.05) is 12.0 Å². The van der Waals surface area contributed by atoms with Crippen molar-refractivity contribution in [1.29, 1.82) is 0 Å². The molecule has 0 fully saturated rings. The molecule has 1 unspecified atom stereocenters. The number of hydrogen-bond acceptors (Lipinski definition) is 2. The number of alkyl halides is 4. The number of thioether (sulfide) groups is 1. The maximum atomic E-state index is 12.7. The van der Waals surface area contributed by atoms with Crippen molar-refractivity contribution in [3.8, 4) is 0 Å². The van der Waals surface area contributed by atoms with E-state index in [-0.39, 0.29) is 11.9 Å². The summed E-state index contributed by atoms with van der Waals surface area (Å²) in [4.78, 5) is 4.23. The van der Waals surface area contributed by atoms with Gasteiger partial charge in [-0.2, -0.15) is 24.9 Å². The van der Waals surface area contributed by atoms with E-state index in [0.29, 0.717) is 16.9 Å². The Morgan fingerprint density at radius 3 is 2.65 bits per heavy atom. The summed E-state index contributed by atoms with van der Waals surface area (Å²) in [6.07, 6.45) is -2.37. The van der Waals surface area contributed by atoms with Gasteiger partial charge in [0, 0.05) is 11.8 Å². The summed E-state index contributed by atoms with van der Waals surface area (Å²) < 4.78 is 40.1. The highest BCUT2D eigenvalue weighted by molar-refractivity contribution is 7.98. The first-order valence-corrected chi connectivity index (χ1v) is 7.94. The number of halogens is 4. The predicted molar refractivity (Wildman–Crippen MR) is 77.4 cm³/mol. The molecule has 0 radical (unpaired) electrons. The quantitative estimate of drug-likeness (QED) is 0.758. The molecule has 2 rings (SSSR count). The van der Waals surface area contributed by atoms with E-state index in [1.807, 2.05) is 17.7 Å². The highest BCUT2D eigenvalue weighted by Gasteiger charge is 2.31. The molecule has 1 aromatic carbocycles. The lowest BCUT2D eigenvalue weighted by atomic mass is 10.2. The SMILES string of the molecule is CSCC(C)n1c(CCl)nc2cc(C(F)(F)F)ccc21. The zero-order valence-electron chi connectivity index (χ0n) is 11.0. The summed E-state index contributed by atoms with van der Waals surface area (Å²) in [5.74, 6) is 1.62. The van der Waals surface area contributed by atoms with Gasteiger partial charge in [0.15, 0.2) is 0 Å². The van der Waals surface area contributed by atoms with Crippen molar-refractivity contribution < 1.29 is 13.2 Å². The van der Waals surface area contributed by atoms with Crippen LogP contribution in [0.3, 0.4) is 0 Å². The molecule has 1 aromatic heterocycles. The Morgan fingerprint density at radius 1 is 1.40 bits per heavy atom. The van der Waals surface area contributed by atoms with Gasteiger partial charge in [-0.3, -0.25) is 0 Å². The number of hydrogen-bond donors (Lipinski definition) is 0. The fraction of sp³-hybridized carbons (Fsp3) is 0.462. The van der Waals surface area contributed by atoms with E-state index in [0.717, 1.165) is 17.9 Å². The second-order valence-electron chi connectivity index (χ2n) is 4.54. The third-order valence-electron chi connectivity index (χ3n) is 3.06. The van der Waals surface area contributed by atoms with Gasteiger partial charge in [0.2, 0.25) is 0 Å². The first-order valence-electron chi connectivity index (χ1n) is 6.01. The number of fused-ring (bicyclic) bond motifs is 1. The van der Waals surface area contributed by atoms with Crippen molar-refractivity contribution in [3.63, 3.8) is 0 Å². The Hall–Kier alpha value is -0.880. The number of benzene rings is 1. The summed E-state index contributed by atoms with van der Waals surface area (Å²) in [6, 6.07) is 3.76. The minimum atomic E-state index is -4.36. The van der Waals surface area contributed by atoms with E-state index in [2.05, 4.69) is 4.98 Å². The van der Waals surface area contributed by atoms with Crippen molar-refractivity contribution >= 4 is 34.4 Å². The largest absolute Gasteiger partial charge is 0.416 e. The zero-order valence-corrected chi connectivity index (χ0v) is 12.6. The van der Waals surface area contributed by atoms with Crippen LogP contribution in [-0.4, -0.2) is 21.6 Å². The molecule has 0 aliphatic carbocycles. The molecule has 0 saturated heterocycles. The van der Waals surface area contributed by atoms with E-state index in [9.17, 15) is 13.2 Å². The van der Waals surface area contributed by atoms with Crippen molar-refractivity contribution in [3.05, 3.63) is 29.6 Å². The molecule has 1 heterocycles. The van der Waals surface area contributed by atoms with Gasteiger partial charge in [0.05, 0.1) is 22.5 Å². The summed E-state index contributed by atoms with van der Waals surface area (Å²) in [5, 5.41) is 0. The number of rotatable bonds is 4. The summed E-state index contributed by atoms with van der Waals surface area (Å²) >= 11 is 7.54. The van der Waals surface area contributed by atoms with Gasteiger partial charge < -0.3 is 4.57 Å². The Morgan fingerprint density at radius 2 is 2.10 bits per heavy atom. The summed E-state index contributed by atoms with van der Waals surface area (Å²) in [6.45, 7) is 2.01. The van der Waals surface area contributed by atoms with Crippen molar-refractivity contribution in [1.82, 2.24) is 9.55 Å². The Kier molecular flexibility index (Phi) is 4.54. The lowest BCUT2D eigenvalue weighted by molar-refractivity contribution is -0.137. The van der Waals surface area contributed by atoms with Gasteiger partial charge in [-0.05, 0) is 31.4 Å². The van der Waals surface area contributed by atoms with Gasteiger partial charge in [-0.25, -0.2) is 4.98 Å². The van der Waals surface area contributed by atoms with Crippen molar-refractivity contribution in [2.45, 2.75) is 25.0 Å². The van der Waals surface area contributed by atoms with Crippen LogP contribution in [0.5, 0.6) is 0 Å². The van der Waals surface area contributed by atoms with Crippen molar-refractivity contribution in [2.24, 2.45) is 0 Å². The molecule has 0 bridgehead atoms. The van der Waals surface area contributed by atoms with Gasteiger partial charge >= 0.3 is 6.18 Å². The van der Waals surface area contributed by atoms with Crippen LogP contribution in [0.15, 0.2) is 18.2 Å². The molecule has 110 valence electrons. The predicted octanol–water partition coefficient (Wildman–Crippen LogP) is 4.72. The van der Waals surface area contributed by atoms with E-state index in [1.54, 1.807) is 11.8 Å². The molecule has 0 N–H and O–H groups in total. The maximum Gasteiger partial charge on any atom is 0.416 e. The lowest BCUT2D eigenvalue weighted by Crippen LogP contribution is -2.10. The number of aromatic nitrogens is 2. The van der Waals surface area contributed by atoms with Crippen LogP contribution in [0.1, 0.15) is 24.4 Å². The van der Waals surface area contributed by atoms with E-state index in [1.165, 1.54) is 6.07 Å². The smallest absolute Gasteiger partial charge is 0.323 e. The molecule has 1 atom stereocenters. The highest BCUT2D eigenvalue weighted by atomic mass is 35.5. The summed E-state index contributed by atoms with van der Waals surface area (Å²) in [5.41, 5.74) is 0.340. The lowest BCUT2D eigenvalue weighted by Gasteiger charge is -2.16. The topological polar surface area (TPSA) is 17.8 Å². The van der Waals surface area contributed by atoms with Crippen LogP contribution in [0.4, 0.5) is 13.2 Å². The van der Waals surface area contributed by atoms with E-state index >= 15 is 0 Å². The van der Waals surface area contributed by atoms with Gasteiger partial charge in [-0.1, -0.05) is 0 Å². The molecule has 2 nitrogen and oxygen atoms in total. The van der Waals surface area contributed by atoms with Crippen LogP contribution in [0, 0.1) is 0 Å². The maximum absolute atomic E-state index is 12.7. The highest BCUT2D eigenvalue weighted by Crippen LogP contribution is 2.32. The average Bonchev–Trinajstić information content (AvgIpc) is 2.75. The molecule has 0 aliphatic rings. The molecule has 7 heteroatoms. The fourth-order valence-electron chi connectivity index (χ4n) is 2.23. The van der Waals surface area contributed by atoms with Crippen LogP contribution in [0.2, 0.25) is 0 Å². The molecule has 0 spiro atoms. The van der Waals surface area contributed by atoms with Gasteiger partial charge in [0.25, 0.3) is 0 Å². The van der Waals surface area contributed by atoms with E-state index < -0.39 is 11.7 Å². The van der Waals surface area contributed by atoms with Crippen LogP contribution >= 0.6 is 23.4 Å². The monoisotopic (exact) mass is 322 g/mol. The average molecular weight is 323 g/mol. The van der Waals surface area contributed by atoms with Gasteiger partial charge in [-0.15, -0.1) is 11.6 Å². The number of imidazole rings is 1. The van der Waals surface area contributed by atoms with Crippen LogP contribution in [-0.2, 0) is 12.1 Å². The Bertz CT molecular complexity index is 609. The second-order valence-corrected chi connectivity index (χ2v) is 5.72. The minimum Gasteiger partial charge on any atom is -0.323 e. The normalized spacial score (nSPS) is 13.9. The third-order valence-corrected chi connectivity index (χ3v) is 4.11. The van der Waals surface area contributed by atoms with Gasteiger partial charge in [0.1, 0.15) is 5.82 Å². The molecular weight excluding hydrogens is 309 g/mol. The second kappa shape index (κ2) is 5.85. The Balaban J connectivity index is 2.58. The first kappa shape index (κ1) is 15.5.